The number of guanidine groups is 1. The third-order valence-corrected chi connectivity index (χ3v) is 5.28. The maximum Gasteiger partial charge on any atom is 0.191 e. The van der Waals surface area contributed by atoms with Crippen molar-refractivity contribution in [2.24, 2.45) is 10.9 Å². The molecule has 2 aliphatic rings. The number of aliphatic hydroxyl groups excluding tert-OH is 1. The van der Waals surface area contributed by atoms with Crippen LogP contribution in [0.25, 0.3) is 0 Å². The molecule has 25 heavy (non-hydrogen) atoms. The van der Waals surface area contributed by atoms with Gasteiger partial charge in [-0.15, -0.1) is 0 Å². The van der Waals surface area contributed by atoms with Crippen molar-refractivity contribution < 1.29 is 5.11 Å². The van der Waals surface area contributed by atoms with Gasteiger partial charge in [-0.1, -0.05) is 19.3 Å². The highest BCUT2D eigenvalue weighted by molar-refractivity contribution is 5.80. The molecule has 7 nitrogen and oxygen atoms in total. The summed E-state index contributed by atoms with van der Waals surface area (Å²) in [6.45, 7) is 6.10. The van der Waals surface area contributed by atoms with E-state index in [-0.39, 0.29) is 6.10 Å². The van der Waals surface area contributed by atoms with Gasteiger partial charge in [0, 0.05) is 19.0 Å². The number of rotatable bonds is 5. The Morgan fingerprint density at radius 2 is 2.12 bits per heavy atom. The molecule has 0 bridgehead atoms. The first-order valence-corrected chi connectivity index (χ1v) is 9.79. The molecule has 0 saturated heterocycles. The molecular formula is C18H32N6O. The third kappa shape index (κ3) is 4.93. The van der Waals surface area contributed by atoms with E-state index < -0.39 is 0 Å². The highest BCUT2D eigenvalue weighted by Gasteiger charge is 2.23. The van der Waals surface area contributed by atoms with E-state index in [0.717, 1.165) is 56.4 Å². The quantitative estimate of drug-likeness (QED) is 0.553. The number of nitrogens with zero attached hydrogens (tertiary/aromatic N) is 4. The summed E-state index contributed by atoms with van der Waals surface area (Å²) in [5, 5.41) is 21.7. The minimum Gasteiger partial charge on any atom is -0.391 e. The van der Waals surface area contributed by atoms with E-state index in [9.17, 15) is 5.11 Å². The number of aliphatic imine (C=N–C) groups is 1. The van der Waals surface area contributed by atoms with Gasteiger partial charge in [-0.05, 0) is 39.0 Å². The van der Waals surface area contributed by atoms with E-state index in [0.29, 0.717) is 18.5 Å². The van der Waals surface area contributed by atoms with Gasteiger partial charge in [0.2, 0.25) is 0 Å². The fourth-order valence-electron chi connectivity index (χ4n) is 3.92. The molecule has 1 saturated carbocycles. The van der Waals surface area contributed by atoms with E-state index in [1.807, 2.05) is 11.6 Å². The topological polar surface area (TPSA) is 87.4 Å². The highest BCUT2D eigenvalue weighted by Crippen LogP contribution is 2.26. The first kappa shape index (κ1) is 18.2. The lowest BCUT2D eigenvalue weighted by Crippen LogP contribution is -2.47. The molecule has 3 N–H and O–H groups in total. The Morgan fingerprint density at radius 3 is 2.88 bits per heavy atom. The van der Waals surface area contributed by atoms with Crippen LogP contribution in [0, 0.1) is 12.8 Å². The Kier molecular flexibility index (Phi) is 6.29. The standard InChI is InChI=1S/C18H32N6O/c1-3-19-18(20-11-16(25)14-7-5-4-6-8-14)22-15-9-10-17-21-13(2)23-24(17)12-15/h14-16,25H,3-12H2,1-2H3,(H2,19,20,22). The molecule has 1 aromatic heterocycles. The number of hydrogen-bond acceptors (Lipinski definition) is 4. The van der Waals surface area contributed by atoms with Crippen molar-refractivity contribution in [3.8, 4) is 0 Å². The second-order valence-corrected chi connectivity index (χ2v) is 7.32. The molecule has 2 heterocycles. The van der Waals surface area contributed by atoms with Gasteiger partial charge >= 0.3 is 0 Å². The van der Waals surface area contributed by atoms with Crippen LogP contribution in [-0.4, -0.2) is 51.1 Å². The van der Waals surface area contributed by atoms with Crippen molar-refractivity contribution in [2.75, 3.05) is 13.1 Å². The molecule has 7 heteroatoms. The molecular weight excluding hydrogens is 316 g/mol. The number of hydrogen-bond donors (Lipinski definition) is 3. The van der Waals surface area contributed by atoms with Crippen LogP contribution in [0.1, 0.15) is 57.1 Å². The molecule has 1 fully saturated rings. The summed E-state index contributed by atoms with van der Waals surface area (Å²) in [7, 11) is 0. The summed E-state index contributed by atoms with van der Waals surface area (Å²) in [5.41, 5.74) is 0. The summed E-state index contributed by atoms with van der Waals surface area (Å²) >= 11 is 0. The van der Waals surface area contributed by atoms with E-state index in [2.05, 4.69) is 32.6 Å². The van der Waals surface area contributed by atoms with Gasteiger partial charge in [-0.25, -0.2) is 9.67 Å². The molecule has 1 aromatic rings. The lowest BCUT2D eigenvalue weighted by Gasteiger charge is -2.27. The van der Waals surface area contributed by atoms with E-state index in [1.165, 1.54) is 19.3 Å². The fraction of sp³-hybridized carbons (Fsp3) is 0.833. The third-order valence-electron chi connectivity index (χ3n) is 5.28. The van der Waals surface area contributed by atoms with Crippen molar-refractivity contribution >= 4 is 5.96 Å². The van der Waals surface area contributed by atoms with Gasteiger partial charge in [0.15, 0.2) is 5.96 Å². The van der Waals surface area contributed by atoms with Crippen LogP contribution < -0.4 is 10.6 Å². The number of aliphatic hydroxyl groups is 1. The monoisotopic (exact) mass is 348 g/mol. The molecule has 140 valence electrons. The average molecular weight is 348 g/mol. The number of aryl methyl sites for hydroxylation is 2. The van der Waals surface area contributed by atoms with Crippen molar-refractivity contribution in [1.29, 1.82) is 0 Å². The predicted molar refractivity (Wildman–Crippen MR) is 98.6 cm³/mol. The van der Waals surface area contributed by atoms with Gasteiger partial charge in [0.05, 0.1) is 19.2 Å². The van der Waals surface area contributed by atoms with Crippen LogP contribution >= 0.6 is 0 Å². The lowest BCUT2D eigenvalue weighted by molar-refractivity contribution is 0.0923. The minimum atomic E-state index is -0.327. The molecule has 2 atom stereocenters. The van der Waals surface area contributed by atoms with E-state index in [4.69, 9.17) is 0 Å². The highest BCUT2D eigenvalue weighted by atomic mass is 16.3. The van der Waals surface area contributed by atoms with Crippen LogP contribution in [-0.2, 0) is 13.0 Å². The molecule has 1 aliphatic carbocycles. The van der Waals surface area contributed by atoms with Crippen molar-refractivity contribution in [2.45, 2.75) is 77.5 Å². The van der Waals surface area contributed by atoms with Gasteiger partial charge in [0.25, 0.3) is 0 Å². The second-order valence-electron chi connectivity index (χ2n) is 7.32. The maximum atomic E-state index is 10.4. The summed E-state index contributed by atoms with van der Waals surface area (Å²) in [4.78, 5) is 9.10. The Bertz CT molecular complexity index is 578. The van der Waals surface area contributed by atoms with Crippen LogP contribution in [0.5, 0.6) is 0 Å². The number of fused-ring (bicyclic) bond motifs is 1. The van der Waals surface area contributed by atoms with Crippen LogP contribution in [0.15, 0.2) is 4.99 Å². The first-order valence-electron chi connectivity index (χ1n) is 9.79. The van der Waals surface area contributed by atoms with Crippen molar-refractivity contribution in [3.05, 3.63) is 11.6 Å². The van der Waals surface area contributed by atoms with Gasteiger partial charge < -0.3 is 15.7 Å². The summed E-state index contributed by atoms with van der Waals surface area (Å²) in [5.74, 6) is 3.12. The largest absolute Gasteiger partial charge is 0.391 e. The fourth-order valence-corrected chi connectivity index (χ4v) is 3.92. The Balaban J connectivity index is 1.55. The number of aromatic nitrogens is 3. The van der Waals surface area contributed by atoms with Gasteiger partial charge in [0.1, 0.15) is 11.6 Å². The Labute approximate surface area is 150 Å². The summed E-state index contributed by atoms with van der Waals surface area (Å²) in [6, 6.07) is 0.290. The zero-order chi connectivity index (χ0) is 17.6. The molecule has 0 radical (unpaired) electrons. The lowest BCUT2D eigenvalue weighted by atomic mass is 9.85. The van der Waals surface area contributed by atoms with E-state index in [1.54, 1.807) is 0 Å². The zero-order valence-corrected chi connectivity index (χ0v) is 15.5. The Hall–Kier alpha value is -1.63. The van der Waals surface area contributed by atoms with Gasteiger partial charge in [-0.2, -0.15) is 5.10 Å². The zero-order valence-electron chi connectivity index (χ0n) is 15.5. The molecule has 0 spiro atoms. The van der Waals surface area contributed by atoms with Crippen LogP contribution in [0.2, 0.25) is 0 Å². The van der Waals surface area contributed by atoms with Crippen molar-refractivity contribution in [1.82, 2.24) is 25.4 Å². The molecule has 2 unspecified atom stereocenters. The van der Waals surface area contributed by atoms with Crippen molar-refractivity contribution in [3.63, 3.8) is 0 Å². The van der Waals surface area contributed by atoms with Crippen LogP contribution in [0.4, 0.5) is 0 Å². The second kappa shape index (κ2) is 8.65. The number of nitrogens with one attached hydrogen (secondary N) is 2. The van der Waals surface area contributed by atoms with E-state index >= 15 is 0 Å². The molecule has 0 amide bonds. The SMILES string of the molecule is CCNC(=NCC(O)C1CCCCC1)NC1CCc2nc(C)nn2C1. The molecule has 1 aliphatic heterocycles. The summed E-state index contributed by atoms with van der Waals surface area (Å²) in [6.07, 6.45) is 7.69. The summed E-state index contributed by atoms with van der Waals surface area (Å²) < 4.78 is 2.00. The first-order chi connectivity index (χ1) is 12.2. The average Bonchev–Trinajstić information content (AvgIpc) is 2.99. The van der Waals surface area contributed by atoms with Crippen LogP contribution in [0.3, 0.4) is 0 Å². The van der Waals surface area contributed by atoms with Gasteiger partial charge in [-0.3, -0.25) is 4.99 Å². The minimum absolute atomic E-state index is 0.290. The normalized spacial score (nSPS) is 23.2. The smallest absolute Gasteiger partial charge is 0.191 e. The predicted octanol–water partition coefficient (Wildman–Crippen LogP) is 1.40. The molecule has 3 rings (SSSR count). The Morgan fingerprint density at radius 1 is 1.32 bits per heavy atom. The maximum absolute atomic E-state index is 10.4. The molecule has 0 aromatic carbocycles.